The minimum absolute atomic E-state index is 0.00357. The Morgan fingerprint density at radius 2 is 2.05 bits per heavy atom. The van der Waals surface area contributed by atoms with Crippen LogP contribution in [0.2, 0.25) is 5.02 Å². The second kappa shape index (κ2) is 5.50. The van der Waals surface area contributed by atoms with Crippen molar-refractivity contribution in [2.75, 3.05) is 0 Å². The van der Waals surface area contributed by atoms with Crippen molar-refractivity contribution in [1.82, 2.24) is 4.57 Å². The number of nitro benzene ring substituents is 1. The molecule has 0 amide bonds. The summed E-state index contributed by atoms with van der Waals surface area (Å²) in [7, 11) is 0. The number of halogens is 2. The molecule has 0 aliphatic heterocycles. The third-order valence-corrected chi connectivity index (χ3v) is 4.39. The number of rotatable bonds is 3. The number of nitrogens with zero attached hydrogens (tertiary/aromatic N) is 2. The number of non-ortho nitro benzene ring substituents is 1. The smallest absolute Gasteiger partial charge is 0.270 e. The summed E-state index contributed by atoms with van der Waals surface area (Å²) in [4.78, 5) is 10.3. The van der Waals surface area contributed by atoms with E-state index < -0.39 is 4.92 Å². The van der Waals surface area contributed by atoms with E-state index in [4.69, 9.17) is 11.6 Å². The lowest BCUT2D eigenvalue weighted by Crippen LogP contribution is -1.99. The molecule has 2 aromatic carbocycles. The zero-order valence-electron chi connectivity index (χ0n) is 10.8. The minimum Gasteiger partial charge on any atom is -0.343 e. The zero-order chi connectivity index (χ0) is 15.0. The molecule has 4 nitrogen and oxygen atoms in total. The average Bonchev–Trinajstić information content (AvgIpc) is 2.85. The van der Waals surface area contributed by atoms with Crippen LogP contribution in [0.3, 0.4) is 0 Å². The van der Waals surface area contributed by atoms with E-state index in [0.717, 1.165) is 20.9 Å². The van der Waals surface area contributed by atoms with Crippen LogP contribution >= 0.6 is 27.5 Å². The Morgan fingerprint density at radius 1 is 1.24 bits per heavy atom. The van der Waals surface area contributed by atoms with Crippen molar-refractivity contribution in [3.63, 3.8) is 0 Å². The topological polar surface area (TPSA) is 48.1 Å². The highest BCUT2D eigenvalue weighted by Gasteiger charge is 2.11. The van der Waals surface area contributed by atoms with Crippen molar-refractivity contribution in [1.29, 1.82) is 0 Å². The second-order valence-electron chi connectivity index (χ2n) is 4.65. The number of fused-ring (bicyclic) bond motifs is 1. The standard InChI is InChI=1S/C15H10BrClN2O2/c16-13-2-1-3-15-12(13)6-7-18(15)9-10-4-5-11(19(20)21)8-14(10)17/h1-8H,9H2. The summed E-state index contributed by atoms with van der Waals surface area (Å²) in [5.41, 5.74) is 1.93. The maximum absolute atomic E-state index is 10.7. The van der Waals surface area contributed by atoms with E-state index in [9.17, 15) is 10.1 Å². The number of nitro groups is 1. The van der Waals surface area contributed by atoms with Gasteiger partial charge in [0.15, 0.2) is 0 Å². The van der Waals surface area contributed by atoms with E-state index in [2.05, 4.69) is 20.5 Å². The maximum Gasteiger partial charge on any atom is 0.270 e. The van der Waals surface area contributed by atoms with E-state index in [1.165, 1.54) is 12.1 Å². The highest BCUT2D eigenvalue weighted by Crippen LogP contribution is 2.27. The molecule has 1 aromatic heterocycles. The Bertz CT molecular complexity index is 845. The molecule has 0 atom stereocenters. The summed E-state index contributed by atoms with van der Waals surface area (Å²) in [5, 5.41) is 12.3. The summed E-state index contributed by atoms with van der Waals surface area (Å²) in [5.74, 6) is 0. The van der Waals surface area contributed by atoms with Crippen LogP contribution in [-0.2, 0) is 6.54 Å². The van der Waals surface area contributed by atoms with Crippen LogP contribution in [0.5, 0.6) is 0 Å². The quantitative estimate of drug-likeness (QED) is 0.483. The van der Waals surface area contributed by atoms with Gasteiger partial charge in [0.1, 0.15) is 0 Å². The molecular formula is C15H10BrClN2O2. The molecule has 6 heteroatoms. The van der Waals surface area contributed by atoms with Crippen LogP contribution in [0, 0.1) is 10.1 Å². The second-order valence-corrected chi connectivity index (χ2v) is 5.91. The molecule has 0 spiro atoms. The molecule has 0 aliphatic rings. The van der Waals surface area contributed by atoms with Crippen molar-refractivity contribution in [3.8, 4) is 0 Å². The summed E-state index contributed by atoms with van der Waals surface area (Å²) in [6.07, 6.45) is 1.98. The van der Waals surface area contributed by atoms with Crippen LogP contribution in [0.1, 0.15) is 5.56 Å². The van der Waals surface area contributed by atoms with Crippen LogP contribution in [0.15, 0.2) is 53.1 Å². The monoisotopic (exact) mass is 364 g/mol. The van der Waals surface area contributed by atoms with Crippen LogP contribution in [0.4, 0.5) is 5.69 Å². The fourth-order valence-corrected chi connectivity index (χ4v) is 3.01. The molecule has 0 radical (unpaired) electrons. The molecule has 0 fully saturated rings. The van der Waals surface area contributed by atoms with Crippen LogP contribution in [-0.4, -0.2) is 9.49 Å². The molecule has 0 N–H and O–H groups in total. The summed E-state index contributed by atoms with van der Waals surface area (Å²) >= 11 is 9.67. The Hall–Kier alpha value is -1.85. The zero-order valence-corrected chi connectivity index (χ0v) is 13.1. The number of aromatic nitrogens is 1. The van der Waals surface area contributed by atoms with E-state index in [-0.39, 0.29) is 5.69 Å². The summed E-state index contributed by atoms with van der Waals surface area (Å²) < 4.78 is 3.10. The Morgan fingerprint density at radius 3 is 2.76 bits per heavy atom. The molecule has 0 aliphatic carbocycles. The van der Waals surface area contributed by atoms with Crippen molar-refractivity contribution < 1.29 is 4.92 Å². The molecule has 3 aromatic rings. The van der Waals surface area contributed by atoms with Gasteiger partial charge in [-0.25, -0.2) is 0 Å². The van der Waals surface area contributed by atoms with Gasteiger partial charge in [0.05, 0.1) is 9.95 Å². The Kier molecular flexibility index (Phi) is 3.69. The van der Waals surface area contributed by atoms with Gasteiger partial charge >= 0.3 is 0 Å². The highest BCUT2D eigenvalue weighted by atomic mass is 79.9. The Balaban J connectivity index is 1.99. The van der Waals surface area contributed by atoms with Gasteiger partial charge in [0.25, 0.3) is 5.69 Å². The van der Waals surface area contributed by atoms with Gasteiger partial charge in [-0.3, -0.25) is 10.1 Å². The number of benzene rings is 2. The van der Waals surface area contributed by atoms with Crippen molar-refractivity contribution in [2.24, 2.45) is 0 Å². The lowest BCUT2D eigenvalue weighted by Gasteiger charge is -2.08. The summed E-state index contributed by atoms with van der Waals surface area (Å²) in [6, 6.07) is 12.6. The van der Waals surface area contributed by atoms with Crippen LogP contribution < -0.4 is 0 Å². The van der Waals surface area contributed by atoms with Gasteiger partial charge in [-0.1, -0.05) is 33.6 Å². The molecule has 3 rings (SSSR count). The van der Waals surface area contributed by atoms with E-state index >= 15 is 0 Å². The first-order valence-corrected chi connectivity index (χ1v) is 7.39. The molecular weight excluding hydrogens is 356 g/mol. The third kappa shape index (κ3) is 2.66. The van der Waals surface area contributed by atoms with E-state index in [1.54, 1.807) is 6.07 Å². The molecule has 0 saturated carbocycles. The maximum atomic E-state index is 10.7. The van der Waals surface area contributed by atoms with Crippen molar-refractivity contribution in [3.05, 3.63) is 73.8 Å². The van der Waals surface area contributed by atoms with Gasteiger partial charge in [0, 0.05) is 40.2 Å². The van der Waals surface area contributed by atoms with Crippen LogP contribution in [0.25, 0.3) is 10.9 Å². The van der Waals surface area contributed by atoms with Gasteiger partial charge in [-0.15, -0.1) is 0 Å². The molecule has 106 valence electrons. The van der Waals surface area contributed by atoms with Gasteiger partial charge in [-0.2, -0.15) is 0 Å². The fourth-order valence-electron chi connectivity index (χ4n) is 2.29. The first kappa shape index (κ1) is 14.1. The first-order chi connectivity index (χ1) is 10.1. The molecule has 21 heavy (non-hydrogen) atoms. The van der Waals surface area contributed by atoms with E-state index in [0.29, 0.717) is 11.6 Å². The van der Waals surface area contributed by atoms with Crippen molar-refractivity contribution >= 4 is 44.1 Å². The lowest BCUT2D eigenvalue weighted by atomic mass is 10.2. The first-order valence-electron chi connectivity index (χ1n) is 6.22. The molecule has 1 heterocycles. The predicted octanol–water partition coefficient (Wildman–Crippen LogP) is 5.01. The van der Waals surface area contributed by atoms with Gasteiger partial charge in [-0.05, 0) is 29.8 Å². The fraction of sp³-hybridized carbons (Fsp3) is 0.0667. The van der Waals surface area contributed by atoms with Crippen molar-refractivity contribution in [2.45, 2.75) is 6.54 Å². The van der Waals surface area contributed by atoms with Gasteiger partial charge < -0.3 is 4.57 Å². The number of hydrogen-bond donors (Lipinski definition) is 0. The Labute approximate surface area is 134 Å². The summed E-state index contributed by atoms with van der Waals surface area (Å²) in [6.45, 7) is 0.566. The minimum atomic E-state index is -0.447. The SMILES string of the molecule is O=[N+]([O-])c1ccc(Cn2ccc3c(Br)cccc32)c(Cl)c1. The molecule has 0 bridgehead atoms. The highest BCUT2D eigenvalue weighted by molar-refractivity contribution is 9.10. The lowest BCUT2D eigenvalue weighted by molar-refractivity contribution is -0.384. The molecule has 0 saturated heterocycles. The molecule has 0 unspecified atom stereocenters. The average molecular weight is 366 g/mol. The normalized spacial score (nSPS) is 11.0. The number of hydrogen-bond acceptors (Lipinski definition) is 2. The predicted molar refractivity (Wildman–Crippen MR) is 86.8 cm³/mol. The van der Waals surface area contributed by atoms with E-state index in [1.807, 2.05) is 30.5 Å². The third-order valence-electron chi connectivity index (χ3n) is 3.35. The largest absolute Gasteiger partial charge is 0.343 e. The van der Waals surface area contributed by atoms with Gasteiger partial charge in [0.2, 0.25) is 0 Å².